The lowest BCUT2D eigenvalue weighted by molar-refractivity contribution is -0.871. The van der Waals surface area contributed by atoms with Crippen LogP contribution < -0.4 is 21.3 Å². The summed E-state index contributed by atoms with van der Waals surface area (Å²) in [6.45, 7) is 6.72. The van der Waals surface area contributed by atoms with Crippen LogP contribution in [0.2, 0.25) is 0 Å². The number of nitrogens with two attached hydrogens (primary N) is 1. The first kappa shape index (κ1) is 31.7. The molecule has 198 valence electrons. The topological polar surface area (TPSA) is 106 Å². The zero-order chi connectivity index (χ0) is 27.1. The average molecular weight is 581 g/mol. The van der Waals surface area contributed by atoms with Crippen LogP contribution in [0.1, 0.15) is 65.0 Å². The number of likely N-dealkylation sites (N-methyl/N-ethyl adjacent to an activating group) is 1. The molecule has 0 heterocycles. The number of nitrogen functional groups attached to an aromatic ring is 1. The Morgan fingerprint density at radius 2 is 1.56 bits per heavy atom. The number of nitrogens with one attached hydrogen (secondary N) is 3. The van der Waals surface area contributed by atoms with E-state index in [9.17, 15) is 14.4 Å². The molecule has 0 saturated carbocycles. The summed E-state index contributed by atoms with van der Waals surface area (Å²) in [6.07, 6.45) is 3.43. The summed E-state index contributed by atoms with van der Waals surface area (Å²) in [5, 5.41) is 6.08. The van der Waals surface area contributed by atoms with Crippen molar-refractivity contribution in [3.63, 3.8) is 0 Å². The Balaban J connectivity index is 0.000000982. The SMILES string of the molecule is CBr.CCCC.C[NH+](CCCNc1ccc(N)c2c1C(=O)c1ccccc1C2=O)CC(=O)NCCS. The fraction of sp³-hybridized carbons (Fsp3) is 0.444. The molecular formula is C27H40BrN4O3S+. The standard InChI is InChI=1S/C22H26N4O3S.C4H10.CH3Br/c1-26(13-18(27)25-10-12-30)11-4-9-24-17-8-7-16(23)19-20(17)22(29)15-6-3-2-5-14(15)21(19)28;1-3-4-2;1-2/h2-3,5-8,24,30H,4,9-13,23H2,1H3,(H,25,27);3-4H2,1-2H3;1H3/p+1. The molecule has 1 aliphatic carbocycles. The fourth-order valence-electron chi connectivity index (χ4n) is 3.63. The van der Waals surface area contributed by atoms with E-state index in [1.807, 2.05) is 12.9 Å². The molecule has 0 aliphatic heterocycles. The van der Waals surface area contributed by atoms with Crippen molar-refractivity contribution in [2.75, 3.05) is 55.9 Å². The molecule has 9 heteroatoms. The van der Waals surface area contributed by atoms with Crippen molar-refractivity contribution in [2.24, 2.45) is 0 Å². The van der Waals surface area contributed by atoms with E-state index in [0.717, 1.165) is 17.9 Å². The summed E-state index contributed by atoms with van der Waals surface area (Å²) in [5.74, 6) is 2.01. The van der Waals surface area contributed by atoms with Crippen molar-refractivity contribution in [3.8, 4) is 0 Å². The highest BCUT2D eigenvalue weighted by molar-refractivity contribution is 9.08. The van der Waals surface area contributed by atoms with E-state index < -0.39 is 0 Å². The van der Waals surface area contributed by atoms with E-state index in [2.05, 4.69) is 53.0 Å². The van der Waals surface area contributed by atoms with Gasteiger partial charge in [0.2, 0.25) is 0 Å². The first-order valence-electron chi connectivity index (χ1n) is 12.3. The molecule has 2 aromatic rings. The highest BCUT2D eigenvalue weighted by Crippen LogP contribution is 2.35. The molecule has 36 heavy (non-hydrogen) atoms. The van der Waals surface area contributed by atoms with Gasteiger partial charge in [0.15, 0.2) is 18.1 Å². The molecule has 0 bridgehead atoms. The molecule has 0 spiro atoms. The minimum atomic E-state index is -0.224. The van der Waals surface area contributed by atoms with Crippen LogP contribution in [0.3, 0.4) is 0 Å². The molecule has 1 amide bonds. The quantitative estimate of drug-likeness (QED) is 0.110. The van der Waals surface area contributed by atoms with Crippen molar-refractivity contribution in [3.05, 3.63) is 58.7 Å². The monoisotopic (exact) mass is 579 g/mol. The Labute approximate surface area is 229 Å². The molecule has 0 radical (unpaired) electrons. The molecule has 0 aromatic heterocycles. The van der Waals surface area contributed by atoms with Gasteiger partial charge < -0.3 is 21.3 Å². The smallest absolute Gasteiger partial charge is 0.275 e. The number of quaternary nitrogens is 1. The van der Waals surface area contributed by atoms with Crippen LogP contribution in [0.4, 0.5) is 11.4 Å². The number of amides is 1. The van der Waals surface area contributed by atoms with Crippen LogP contribution in [0.5, 0.6) is 0 Å². The second-order valence-electron chi connectivity index (χ2n) is 8.39. The lowest BCUT2D eigenvalue weighted by Gasteiger charge is -2.22. The summed E-state index contributed by atoms with van der Waals surface area (Å²) in [6, 6.07) is 10.2. The third-order valence-electron chi connectivity index (χ3n) is 5.60. The Bertz CT molecular complexity index is 1010. The van der Waals surface area contributed by atoms with E-state index >= 15 is 0 Å². The van der Waals surface area contributed by atoms with E-state index in [4.69, 9.17) is 5.73 Å². The highest BCUT2D eigenvalue weighted by atomic mass is 79.9. The Kier molecular flexibility index (Phi) is 15.1. The van der Waals surface area contributed by atoms with Gasteiger partial charge in [-0.2, -0.15) is 12.6 Å². The van der Waals surface area contributed by atoms with Gasteiger partial charge in [0.05, 0.1) is 24.7 Å². The van der Waals surface area contributed by atoms with Crippen molar-refractivity contribution >= 4 is 57.4 Å². The average Bonchev–Trinajstić information content (AvgIpc) is 2.90. The zero-order valence-corrected chi connectivity index (χ0v) is 24.2. The maximum absolute atomic E-state index is 13.1. The van der Waals surface area contributed by atoms with Crippen LogP contribution in [-0.2, 0) is 4.79 Å². The Hall–Kier alpha value is -2.36. The number of alkyl halides is 1. The Morgan fingerprint density at radius 3 is 2.11 bits per heavy atom. The maximum atomic E-state index is 13.1. The van der Waals surface area contributed by atoms with E-state index in [0.29, 0.717) is 53.5 Å². The van der Waals surface area contributed by atoms with Crippen LogP contribution >= 0.6 is 28.6 Å². The molecule has 1 atom stereocenters. The van der Waals surface area contributed by atoms with Gasteiger partial charge in [-0.15, -0.1) is 0 Å². The number of ketones is 2. The van der Waals surface area contributed by atoms with Crippen molar-refractivity contribution in [1.82, 2.24) is 5.32 Å². The minimum Gasteiger partial charge on any atom is -0.398 e. The maximum Gasteiger partial charge on any atom is 0.275 e. The fourth-order valence-corrected chi connectivity index (χ4v) is 3.74. The summed E-state index contributed by atoms with van der Waals surface area (Å²) < 4.78 is 0. The molecule has 0 saturated heterocycles. The summed E-state index contributed by atoms with van der Waals surface area (Å²) >= 11 is 7.01. The predicted molar refractivity (Wildman–Crippen MR) is 156 cm³/mol. The number of carbonyl (C=O) groups is 3. The van der Waals surface area contributed by atoms with Gasteiger partial charge in [-0.05, 0) is 18.0 Å². The van der Waals surface area contributed by atoms with Gasteiger partial charge in [0, 0.05) is 47.8 Å². The first-order chi connectivity index (χ1) is 17.3. The summed E-state index contributed by atoms with van der Waals surface area (Å²) in [5.41, 5.74) is 8.36. The van der Waals surface area contributed by atoms with Crippen LogP contribution in [-0.4, -0.2) is 62.3 Å². The summed E-state index contributed by atoms with van der Waals surface area (Å²) in [7, 11) is 1.96. The number of hydrogen-bond donors (Lipinski definition) is 5. The first-order valence-corrected chi connectivity index (χ1v) is 14.5. The molecule has 7 nitrogen and oxygen atoms in total. The normalized spacial score (nSPS) is 12.2. The Morgan fingerprint density at radius 1 is 0.972 bits per heavy atom. The molecule has 1 aliphatic rings. The number of thiol groups is 1. The second kappa shape index (κ2) is 17.2. The van der Waals surface area contributed by atoms with Crippen LogP contribution in [0.15, 0.2) is 36.4 Å². The largest absolute Gasteiger partial charge is 0.398 e. The lowest BCUT2D eigenvalue weighted by atomic mass is 9.82. The number of unbranched alkanes of at least 4 members (excludes halogenated alkanes) is 1. The number of carbonyl (C=O) groups excluding carboxylic acids is 3. The zero-order valence-electron chi connectivity index (χ0n) is 21.7. The number of fused-ring (bicyclic) bond motifs is 2. The van der Waals surface area contributed by atoms with Gasteiger partial charge in [-0.25, -0.2) is 0 Å². The third kappa shape index (κ3) is 8.94. The molecule has 3 rings (SSSR count). The van der Waals surface area contributed by atoms with Gasteiger partial charge in [-0.3, -0.25) is 14.4 Å². The summed E-state index contributed by atoms with van der Waals surface area (Å²) in [4.78, 5) is 38.8. The van der Waals surface area contributed by atoms with E-state index in [-0.39, 0.29) is 23.0 Å². The lowest BCUT2D eigenvalue weighted by Crippen LogP contribution is -3.10. The van der Waals surface area contributed by atoms with Crippen molar-refractivity contribution < 1.29 is 19.3 Å². The van der Waals surface area contributed by atoms with Crippen LogP contribution in [0.25, 0.3) is 0 Å². The number of benzene rings is 2. The second-order valence-corrected chi connectivity index (χ2v) is 8.84. The van der Waals surface area contributed by atoms with Crippen LogP contribution in [0, 0.1) is 0 Å². The van der Waals surface area contributed by atoms with E-state index in [1.165, 1.54) is 12.8 Å². The van der Waals surface area contributed by atoms with Crippen molar-refractivity contribution in [1.29, 1.82) is 0 Å². The highest BCUT2D eigenvalue weighted by Gasteiger charge is 2.33. The molecular weight excluding hydrogens is 540 g/mol. The predicted octanol–water partition coefficient (Wildman–Crippen LogP) is 3.22. The van der Waals surface area contributed by atoms with Gasteiger partial charge in [0.1, 0.15) is 0 Å². The third-order valence-corrected chi connectivity index (χ3v) is 5.82. The van der Waals surface area contributed by atoms with Gasteiger partial charge in [-0.1, -0.05) is 66.9 Å². The van der Waals surface area contributed by atoms with Crippen molar-refractivity contribution in [2.45, 2.75) is 33.1 Å². The molecule has 0 fully saturated rings. The molecule has 2 aromatic carbocycles. The number of rotatable bonds is 10. The minimum absolute atomic E-state index is 0.00453. The van der Waals surface area contributed by atoms with Gasteiger partial charge >= 0.3 is 0 Å². The number of anilines is 2. The molecule has 1 unspecified atom stereocenters. The molecule has 5 N–H and O–H groups in total. The van der Waals surface area contributed by atoms with Gasteiger partial charge in [0.25, 0.3) is 5.91 Å². The van der Waals surface area contributed by atoms with E-state index in [1.54, 1.807) is 36.4 Å². The number of halogens is 1. The number of hydrogen-bond acceptors (Lipinski definition) is 6.